The van der Waals surface area contributed by atoms with Crippen LogP contribution >= 0.6 is 0 Å². The summed E-state index contributed by atoms with van der Waals surface area (Å²) in [6.07, 6.45) is 4.21. The van der Waals surface area contributed by atoms with E-state index in [-0.39, 0.29) is 34.6 Å². The molecule has 0 heterocycles. The third-order valence-corrected chi connectivity index (χ3v) is 9.15. The van der Waals surface area contributed by atoms with Crippen LogP contribution < -0.4 is 0 Å². The zero-order valence-corrected chi connectivity index (χ0v) is 29.2. The molecule has 6 aromatic carbocycles. The molecule has 0 aliphatic heterocycles. The molecule has 0 saturated carbocycles. The van der Waals surface area contributed by atoms with Gasteiger partial charge in [0, 0.05) is 51.6 Å². The van der Waals surface area contributed by atoms with Gasteiger partial charge in [0.25, 0.3) is 0 Å². The first-order chi connectivity index (χ1) is 25.5. The van der Waals surface area contributed by atoms with E-state index in [0.717, 1.165) is 0 Å². The van der Waals surface area contributed by atoms with Gasteiger partial charge in [0.15, 0.2) is 17.3 Å². The van der Waals surface area contributed by atoms with Crippen LogP contribution in [0.3, 0.4) is 0 Å². The van der Waals surface area contributed by atoms with Gasteiger partial charge in [0.1, 0.15) is 0 Å². The highest BCUT2D eigenvalue weighted by Crippen LogP contribution is 2.27. The van der Waals surface area contributed by atoms with E-state index in [4.69, 9.17) is 11.4 Å². The molecule has 252 valence electrons. The Labute approximate surface area is 308 Å². The number of rotatable bonds is 15. The molecule has 0 radical (unpaired) electrons. The average molecular weight is 697 g/mol. The van der Waals surface area contributed by atoms with Crippen molar-refractivity contribution in [2.24, 2.45) is 0 Å². The number of hydrogen-bond acceptors (Lipinski definition) is 6. The molecule has 7 heteroatoms. The molecule has 6 aromatic rings. The average Bonchev–Trinajstić information content (AvgIpc) is 3.21. The third kappa shape index (κ3) is 9.80. The van der Waals surface area contributed by atoms with E-state index < -0.39 is 15.1 Å². The number of carbonyl (C=O) groups excluding carboxylic acids is 3. The van der Waals surface area contributed by atoms with Gasteiger partial charge in [-0.05, 0) is 0 Å². The van der Waals surface area contributed by atoms with Gasteiger partial charge in [0.2, 0.25) is 0 Å². The number of carbonyl (C=O) groups is 3. The van der Waals surface area contributed by atoms with E-state index in [9.17, 15) is 14.4 Å². The van der Waals surface area contributed by atoms with Crippen LogP contribution in [-0.2, 0) is 11.4 Å². The topological polar surface area (TPSA) is 78.9 Å². The Hall–Kier alpha value is -6.52. The summed E-state index contributed by atoms with van der Waals surface area (Å²) in [6.45, 7) is 0. The highest BCUT2D eigenvalue weighted by Gasteiger charge is 2.47. The zero-order chi connectivity index (χ0) is 36.0. The fourth-order valence-corrected chi connectivity index (χ4v) is 6.54. The molecule has 0 spiro atoms. The molecule has 0 aliphatic carbocycles. The summed E-state index contributed by atoms with van der Waals surface area (Å²) in [6, 6.07) is 54.0. The van der Waals surface area contributed by atoms with Crippen molar-refractivity contribution in [2.75, 3.05) is 0 Å². The van der Waals surface area contributed by atoms with Crippen LogP contribution in [0.15, 0.2) is 200 Å². The largest absolute Gasteiger partial charge is 1.20 e. The summed E-state index contributed by atoms with van der Waals surface area (Å²) in [5, 5.41) is 0. The van der Waals surface area contributed by atoms with Crippen molar-refractivity contribution in [3.8, 4) is 0 Å². The second-order valence-corrected chi connectivity index (χ2v) is 12.7. The highest BCUT2D eigenvalue weighted by molar-refractivity contribution is 6.41. The van der Waals surface area contributed by atoms with E-state index >= 15 is 0 Å². The fourth-order valence-electron chi connectivity index (χ4n) is 5.16. The third-order valence-electron chi connectivity index (χ3n) is 7.81. The molecule has 0 aliphatic rings. The first kappa shape index (κ1) is 35.3. The molecule has 0 unspecified atom stereocenters. The van der Waals surface area contributed by atoms with Crippen LogP contribution in [0, 0.1) is 0 Å². The second kappa shape index (κ2) is 17.9. The maximum Gasteiger partial charge on any atom is 1.20 e. The molecule has 0 saturated heterocycles. The van der Waals surface area contributed by atoms with Crippen molar-refractivity contribution in [3.05, 3.63) is 234 Å². The first-order valence-electron chi connectivity index (χ1n) is 16.6. The summed E-state index contributed by atoms with van der Waals surface area (Å²) in [5.41, 5.74) is 3.22. The van der Waals surface area contributed by atoms with Crippen molar-refractivity contribution in [3.63, 3.8) is 0 Å². The summed E-state index contributed by atoms with van der Waals surface area (Å²) in [7, 11) is 0. The predicted octanol–water partition coefficient (Wildman–Crippen LogP) is 9.79. The smallest absolute Gasteiger partial charge is 0.577 e. The van der Waals surface area contributed by atoms with Gasteiger partial charge in [-0.3, -0.25) is 14.4 Å². The van der Waals surface area contributed by atoms with Crippen molar-refractivity contribution in [2.45, 2.75) is 0 Å². The Morgan fingerprint density at radius 1 is 0.308 bits per heavy atom. The minimum atomic E-state index is -3.54. The highest BCUT2D eigenvalue weighted by atomic mass is 27.3. The standard InChI is InChI=1S/3C15H12O2.Al/c3*16-14(12-7-3-1-4-8-12)11-15(17)13-9-5-2-6-10-13;/h3*1-11,16H;/q;;;+3/p-3/b3*14-11-;. The molecule has 0 fully saturated rings. The van der Waals surface area contributed by atoms with Crippen LogP contribution in [0.4, 0.5) is 0 Å². The van der Waals surface area contributed by atoms with E-state index in [1.54, 1.807) is 72.8 Å². The summed E-state index contributed by atoms with van der Waals surface area (Å²) >= 11 is -3.54. The molecule has 52 heavy (non-hydrogen) atoms. The second-order valence-electron chi connectivity index (χ2n) is 11.5. The van der Waals surface area contributed by atoms with Crippen molar-refractivity contribution >= 4 is 49.8 Å². The Morgan fingerprint density at radius 3 is 0.712 bits per heavy atom. The quantitative estimate of drug-likeness (QED) is 0.0461. The first-order valence-corrected chi connectivity index (χ1v) is 18.0. The Morgan fingerprint density at radius 2 is 0.500 bits per heavy atom. The van der Waals surface area contributed by atoms with Gasteiger partial charge in [-0.15, -0.1) is 0 Å². The Balaban J connectivity index is 1.46. The minimum absolute atomic E-state index is 0.203. The fraction of sp³-hybridized carbons (Fsp3) is 0. The van der Waals surface area contributed by atoms with Crippen LogP contribution in [0.2, 0.25) is 0 Å². The molecule has 0 atom stereocenters. The maximum absolute atomic E-state index is 13.6. The van der Waals surface area contributed by atoms with Crippen molar-refractivity contribution < 1.29 is 25.7 Å². The van der Waals surface area contributed by atoms with Gasteiger partial charge in [-0.2, -0.15) is 0 Å². The van der Waals surface area contributed by atoms with E-state index in [0.29, 0.717) is 33.4 Å². The Kier molecular flexibility index (Phi) is 12.2. The predicted molar refractivity (Wildman–Crippen MR) is 205 cm³/mol. The van der Waals surface area contributed by atoms with Gasteiger partial charge < -0.3 is 11.4 Å². The lowest BCUT2D eigenvalue weighted by atomic mass is 10.1. The van der Waals surface area contributed by atoms with Crippen LogP contribution in [0.5, 0.6) is 0 Å². The molecule has 6 nitrogen and oxygen atoms in total. The van der Waals surface area contributed by atoms with Gasteiger partial charge >= 0.3 is 15.1 Å². The van der Waals surface area contributed by atoms with Crippen molar-refractivity contribution in [1.29, 1.82) is 0 Å². The minimum Gasteiger partial charge on any atom is -0.577 e. The lowest BCUT2D eigenvalue weighted by Gasteiger charge is -2.22. The van der Waals surface area contributed by atoms with Crippen molar-refractivity contribution in [1.82, 2.24) is 0 Å². The maximum atomic E-state index is 13.6. The number of benzene rings is 6. The molecular formula is C45H33AlO6. The normalized spacial score (nSPS) is 11.7. The SMILES string of the molecule is O=C(/C=C(\[O][Al]([O]/C(=C\C(=O)c1ccccc1)c1ccccc1)[O]/C(=C\C(=O)c1ccccc1)c1ccccc1)c1ccccc1)c1ccccc1. The van der Waals surface area contributed by atoms with Crippen LogP contribution in [-0.4, -0.2) is 32.5 Å². The summed E-state index contributed by atoms with van der Waals surface area (Å²) < 4.78 is 19.9. The number of ketones is 3. The van der Waals surface area contributed by atoms with Crippen LogP contribution in [0.25, 0.3) is 17.3 Å². The monoisotopic (exact) mass is 696 g/mol. The Bertz CT molecular complexity index is 1930. The van der Waals surface area contributed by atoms with Crippen LogP contribution in [0.1, 0.15) is 47.8 Å². The van der Waals surface area contributed by atoms with Gasteiger partial charge in [-0.25, -0.2) is 0 Å². The number of allylic oxidation sites excluding steroid dienone is 3. The van der Waals surface area contributed by atoms with E-state index in [1.807, 2.05) is 109 Å². The molecule has 0 amide bonds. The van der Waals surface area contributed by atoms with Gasteiger partial charge in [0.05, 0.1) is 17.3 Å². The van der Waals surface area contributed by atoms with Gasteiger partial charge in [-0.1, -0.05) is 182 Å². The molecular weight excluding hydrogens is 663 g/mol. The summed E-state index contributed by atoms with van der Waals surface area (Å²) in [5.74, 6) is -0.255. The zero-order valence-electron chi connectivity index (χ0n) is 28.1. The lowest BCUT2D eigenvalue weighted by Crippen LogP contribution is -2.27. The molecule has 0 N–H and O–H groups in total. The van der Waals surface area contributed by atoms with E-state index in [2.05, 4.69) is 0 Å². The molecule has 0 bridgehead atoms. The number of hydrogen-bond donors (Lipinski definition) is 0. The van der Waals surface area contributed by atoms with E-state index in [1.165, 1.54) is 18.2 Å². The molecule has 6 rings (SSSR count). The molecule has 0 aromatic heterocycles. The summed E-state index contributed by atoms with van der Waals surface area (Å²) in [4.78, 5) is 40.7. The lowest BCUT2D eigenvalue weighted by molar-refractivity contribution is 0.103.